The highest BCUT2D eigenvalue weighted by molar-refractivity contribution is 7.98. The van der Waals surface area contributed by atoms with Crippen LogP contribution >= 0.6 is 11.8 Å². The number of carbonyl (C=O) groups is 2. The van der Waals surface area contributed by atoms with E-state index in [0.717, 1.165) is 0 Å². The van der Waals surface area contributed by atoms with Crippen LogP contribution in [0.25, 0.3) is 11.6 Å². The molecule has 0 fully saturated rings. The largest absolute Gasteiger partial charge is 0.461 e. The zero-order chi connectivity index (χ0) is 19.9. The molecule has 0 spiro atoms. The van der Waals surface area contributed by atoms with E-state index in [9.17, 15) is 9.59 Å². The molecule has 3 rings (SSSR count). The average Bonchev–Trinajstić information content (AvgIpc) is 3.25. The van der Waals surface area contributed by atoms with E-state index < -0.39 is 0 Å². The van der Waals surface area contributed by atoms with Gasteiger partial charge in [-0.3, -0.25) is 9.59 Å². The Morgan fingerprint density at radius 1 is 1.00 bits per heavy atom. The molecule has 2 amide bonds. The molecule has 28 heavy (non-hydrogen) atoms. The number of carbonyl (C=O) groups excluding carboxylic acids is 2. The Morgan fingerprint density at radius 2 is 1.71 bits per heavy atom. The standard InChI is InChI=1S/C20H20N4O3S/c1-13-16(20(28-2)24-17(23-13)15-9-6-12-27-15)19(26)22-11-10-21-18(25)14-7-4-3-5-8-14/h3-9,12H,10-11H2,1-2H3,(H,21,25)(H,22,26). The lowest BCUT2D eigenvalue weighted by Gasteiger charge is -2.12. The number of hydrogen-bond donors (Lipinski definition) is 2. The molecular weight excluding hydrogens is 376 g/mol. The van der Waals surface area contributed by atoms with Crippen molar-refractivity contribution in [2.24, 2.45) is 0 Å². The molecule has 2 heterocycles. The van der Waals surface area contributed by atoms with Gasteiger partial charge in [0.05, 0.1) is 17.5 Å². The first kappa shape index (κ1) is 19.6. The van der Waals surface area contributed by atoms with Crippen LogP contribution in [0.2, 0.25) is 0 Å². The van der Waals surface area contributed by atoms with E-state index in [4.69, 9.17) is 4.42 Å². The van der Waals surface area contributed by atoms with Crippen molar-refractivity contribution in [3.8, 4) is 11.6 Å². The third kappa shape index (κ3) is 4.58. The number of rotatable bonds is 7. The fraction of sp³-hybridized carbons (Fsp3) is 0.200. The summed E-state index contributed by atoms with van der Waals surface area (Å²) in [4.78, 5) is 33.5. The zero-order valence-electron chi connectivity index (χ0n) is 15.6. The first-order chi connectivity index (χ1) is 13.6. The number of aromatic nitrogens is 2. The maximum absolute atomic E-state index is 12.6. The molecule has 8 heteroatoms. The number of benzene rings is 1. The molecule has 0 aliphatic rings. The number of aryl methyl sites for hydroxylation is 1. The van der Waals surface area contributed by atoms with Crippen LogP contribution < -0.4 is 10.6 Å². The Morgan fingerprint density at radius 3 is 2.36 bits per heavy atom. The minimum absolute atomic E-state index is 0.179. The van der Waals surface area contributed by atoms with Gasteiger partial charge in [0.1, 0.15) is 5.03 Å². The van der Waals surface area contributed by atoms with Crippen molar-refractivity contribution < 1.29 is 14.0 Å². The summed E-state index contributed by atoms with van der Waals surface area (Å²) in [5.41, 5.74) is 1.57. The smallest absolute Gasteiger partial charge is 0.255 e. The summed E-state index contributed by atoms with van der Waals surface area (Å²) in [6.07, 6.45) is 3.40. The first-order valence-electron chi connectivity index (χ1n) is 8.68. The number of furan rings is 1. The van der Waals surface area contributed by atoms with Crippen molar-refractivity contribution in [1.82, 2.24) is 20.6 Å². The molecule has 7 nitrogen and oxygen atoms in total. The highest BCUT2D eigenvalue weighted by atomic mass is 32.2. The second-order valence-corrected chi connectivity index (χ2v) is 6.67. The maximum atomic E-state index is 12.6. The minimum Gasteiger partial charge on any atom is -0.461 e. The lowest BCUT2D eigenvalue weighted by atomic mass is 10.2. The lowest BCUT2D eigenvalue weighted by molar-refractivity contribution is 0.0925. The molecule has 2 aromatic heterocycles. The summed E-state index contributed by atoms with van der Waals surface area (Å²) < 4.78 is 5.34. The predicted octanol–water partition coefficient (Wildman–Crippen LogP) is 2.93. The third-order valence-electron chi connectivity index (χ3n) is 3.95. The van der Waals surface area contributed by atoms with Gasteiger partial charge >= 0.3 is 0 Å². The molecule has 0 aliphatic carbocycles. The van der Waals surface area contributed by atoms with Crippen LogP contribution in [0, 0.1) is 6.92 Å². The Hall–Kier alpha value is -3.13. The van der Waals surface area contributed by atoms with Crippen LogP contribution in [0.1, 0.15) is 26.4 Å². The third-order valence-corrected chi connectivity index (χ3v) is 4.63. The summed E-state index contributed by atoms with van der Waals surface area (Å²) in [5.74, 6) is 0.538. The van der Waals surface area contributed by atoms with Gasteiger partial charge in [0.2, 0.25) is 0 Å². The highest BCUT2D eigenvalue weighted by Crippen LogP contribution is 2.24. The molecule has 0 saturated heterocycles. The van der Waals surface area contributed by atoms with E-state index >= 15 is 0 Å². The van der Waals surface area contributed by atoms with E-state index in [-0.39, 0.29) is 11.8 Å². The Bertz CT molecular complexity index is 959. The van der Waals surface area contributed by atoms with Gasteiger partial charge in [-0.15, -0.1) is 11.8 Å². The van der Waals surface area contributed by atoms with Gasteiger partial charge in [-0.25, -0.2) is 9.97 Å². The number of hydrogen-bond acceptors (Lipinski definition) is 6. The van der Waals surface area contributed by atoms with Gasteiger partial charge in [0.25, 0.3) is 11.8 Å². The normalized spacial score (nSPS) is 10.5. The van der Waals surface area contributed by atoms with Gasteiger partial charge in [-0.05, 0) is 37.4 Å². The molecule has 0 unspecified atom stereocenters. The summed E-state index contributed by atoms with van der Waals surface area (Å²) >= 11 is 1.37. The lowest BCUT2D eigenvalue weighted by Crippen LogP contribution is -2.35. The molecule has 0 radical (unpaired) electrons. The van der Waals surface area contributed by atoms with Crippen LogP contribution in [0.15, 0.2) is 58.2 Å². The molecule has 1 aromatic carbocycles. The van der Waals surface area contributed by atoms with Gasteiger partial charge in [-0.1, -0.05) is 18.2 Å². The van der Waals surface area contributed by atoms with Crippen molar-refractivity contribution in [1.29, 1.82) is 0 Å². The monoisotopic (exact) mass is 396 g/mol. The van der Waals surface area contributed by atoms with E-state index in [1.54, 1.807) is 49.6 Å². The number of nitrogens with one attached hydrogen (secondary N) is 2. The van der Waals surface area contributed by atoms with E-state index in [0.29, 0.717) is 46.5 Å². The van der Waals surface area contributed by atoms with Gasteiger partial charge in [0, 0.05) is 18.7 Å². The van der Waals surface area contributed by atoms with E-state index in [1.165, 1.54) is 11.8 Å². The summed E-state index contributed by atoms with van der Waals surface area (Å²) in [6, 6.07) is 12.5. The van der Waals surface area contributed by atoms with Crippen molar-refractivity contribution in [2.75, 3.05) is 19.3 Å². The van der Waals surface area contributed by atoms with Gasteiger partial charge < -0.3 is 15.1 Å². The molecule has 3 aromatic rings. The van der Waals surface area contributed by atoms with Crippen molar-refractivity contribution in [2.45, 2.75) is 11.9 Å². The maximum Gasteiger partial charge on any atom is 0.255 e. The summed E-state index contributed by atoms with van der Waals surface area (Å²) in [5, 5.41) is 6.15. The fourth-order valence-electron chi connectivity index (χ4n) is 2.60. The molecular formula is C20H20N4O3S. The van der Waals surface area contributed by atoms with Crippen LogP contribution in [0.3, 0.4) is 0 Å². The van der Waals surface area contributed by atoms with Crippen molar-refractivity contribution in [3.05, 3.63) is 65.5 Å². The molecule has 2 N–H and O–H groups in total. The van der Waals surface area contributed by atoms with Crippen LogP contribution in [-0.4, -0.2) is 41.1 Å². The fourth-order valence-corrected chi connectivity index (χ4v) is 3.23. The zero-order valence-corrected chi connectivity index (χ0v) is 16.4. The molecule has 0 bridgehead atoms. The van der Waals surface area contributed by atoms with Crippen LogP contribution in [0.5, 0.6) is 0 Å². The molecule has 0 aliphatic heterocycles. The van der Waals surface area contributed by atoms with E-state index in [1.807, 2.05) is 12.3 Å². The number of amides is 2. The van der Waals surface area contributed by atoms with Crippen LogP contribution in [-0.2, 0) is 0 Å². The highest BCUT2D eigenvalue weighted by Gasteiger charge is 2.19. The van der Waals surface area contributed by atoms with E-state index in [2.05, 4.69) is 20.6 Å². The second-order valence-electron chi connectivity index (χ2n) is 5.87. The average molecular weight is 396 g/mol. The van der Waals surface area contributed by atoms with Crippen molar-refractivity contribution in [3.63, 3.8) is 0 Å². The van der Waals surface area contributed by atoms with Crippen LogP contribution in [0.4, 0.5) is 0 Å². The molecule has 0 saturated carbocycles. The quantitative estimate of drug-likeness (QED) is 0.362. The van der Waals surface area contributed by atoms with Crippen molar-refractivity contribution >= 4 is 23.6 Å². The SMILES string of the molecule is CSc1nc(-c2ccco2)nc(C)c1C(=O)NCCNC(=O)c1ccccc1. The summed E-state index contributed by atoms with van der Waals surface area (Å²) in [7, 11) is 0. The number of thioether (sulfide) groups is 1. The first-order valence-corrected chi connectivity index (χ1v) is 9.90. The Labute approximate surface area is 167 Å². The Kier molecular flexibility index (Phi) is 6.44. The molecule has 144 valence electrons. The van der Waals surface area contributed by atoms with Gasteiger partial charge in [-0.2, -0.15) is 0 Å². The number of nitrogens with zero attached hydrogens (tertiary/aromatic N) is 2. The molecule has 0 atom stereocenters. The Balaban J connectivity index is 1.62. The van der Waals surface area contributed by atoms with Gasteiger partial charge in [0.15, 0.2) is 11.6 Å². The predicted molar refractivity (Wildman–Crippen MR) is 107 cm³/mol. The summed E-state index contributed by atoms with van der Waals surface area (Å²) in [6.45, 7) is 2.38. The second kappa shape index (κ2) is 9.18. The topological polar surface area (TPSA) is 97.1 Å². The minimum atomic E-state index is -0.276.